The van der Waals surface area contributed by atoms with Crippen LogP contribution in [-0.4, -0.2) is 42.2 Å². The molecule has 0 N–H and O–H groups in total. The molecule has 2 atom stereocenters. The van der Waals surface area contributed by atoms with Crippen LogP contribution in [0.1, 0.15) is 53.4 Å². The molecule has 0 saturated carbocycles. The summed E-state index contributed by atoms with van der Waals surface area (Å²) in [5.41, 5.74) is 2.43. The van der Waals surface area contributed by atoms with Crippen molar-refractivity contribution in [2.45, 2.75) is 59.4 Å². The molecule has 134 valence electrons. The van der Waals surface area contributed by atoms with Gasteiger partial charge in [0.1, 0.15) is 0 Å². The number of carbonyl (C=O) groups is 2. The van der Waals surface area contributed by atoms with E-state index in [1.54, 1.807) is 0 Å². The Labute approximate surface area is 145 Å². The largest absolute Gasteiger partial charge is 0.469 e. The first-order chi connectivity index (χ1) is 11.3. The molecule has 2 rings (SSSR count). The van der Waals surface area contributed by atoms with Crippen LogP contribution in [0.5, 0.6) is 0 Å². The van der Waals surface area contributed by atoms with Crippen LogP contribution in [0.25, 0.3) is 0 Å². The first kappa shape index (κ1) is 18.7. The summed E-state index contributed by atoms with van der Waals surface area (Å²) < 4.78 is 4.77. The van der Waals surface area contributed by atoms with Crippen molar-refractivity contribution in [3.8, 4) is 0 Å². The van der Waals surface area contributed by atoms with E-state index in [0.717, 1.165) is 25.8 Å². The molecule has 0 bridgehead atoms. The van der Waals surface area contributed by atoms with E-state index in [4.69, 9.17) is 4.74 Å². The Balaban J connectivity index is 2.09. The normalized spacial score (nSPS) is 22.0. The molecule has 5 heteroatoms. The Bertz CT molecular complexity index is 549. The minimum Gasteiger partial charge on any atom is -0.469 e. The summed E-state index contributed by atoms with van der Waals surface area (Å²) in [6, 6.07) is 0.136. The summed E-state index contributed by atoms with van der Waals surface area (Å²) in [5.74, 6) is -0.00410. The van der Waals surface area contributed by atoms with Gasteiger partial charge in [0.15, 0.2) is 0 Å². The number of aliphatic imine (C=N–C) groups is 1. The summed E-state index contributed by atoms with van der Waals surface area (Å²) in [4.78, 5) is 31.3. The lowest BCUT2D eigenvalue weighted by molar-refractivity contribution is -0.148. The predicted octanol–water partition coefficient (Wildman–Crippen LogP) is 3.20. The second-order valence-electron chi connectivity index (χ2n) is 7.48. The van der Waals surface area contributed by atoms with Gasteiger partial charge in [0.25, 0.3) is 0 Å². The molecule has 2 heterocycles. The molecular formula is C19H30N2O3. The molecular weight excluding hydrogens is 304 g/mol. The zero-order valence-electron chi connectivity index (χ0n) is 15.5. The van der Waals surface area contributed by atoms with E-state index < -0.39 is 0 Å². The minimum atomic E-state index is -0.316. The predicted molar refractivity (Wildman–Crippen MR) is 94.7 cm³/mol. The molecule has 24 heavy (non-hydrogen) atoms. The topological polar surface area (TPSA) is 59.0 Å². The second-order valence-corrected chi connectivity index (χ2v) is 7.48. The van der Waals surface area contributed by atoms with E-state index in [9.17, 15) is 9.59 Å². The molecule has 2 unspecified atom stereocenters. The van der Waals surface area contributed by atoms with Crippen LogP contribution in [0.15, 0.2) is 16.8 Å². The van der Waals surface area contributed by atoms with Gasteiger partial charge in [-0.1, -0.05) is 27.7 Å². The van der Waals surface area contributed by atoms with Gasteiger partial charge >= 0.3 is 5.97 Å². The van der Waals surface area contributed by atoms with Crippen molar-refractivity contribution in [3.63, 3.8) is 0 Å². The third-order valence-electron chi connectivity index (χ3n) is 5.15. The van der Waals surface area contributed by atoms with Gasteiger partial charge in [-0.05, 0) is 30.3 Å². The van der Waals surface area contributed by atoms with E-state index in [1.165, 1.54) is 18.4 Å². The molecule has 0 aromatic rings. The van der Waals surface area contributed by atoms with E-state index in [1.807, 2.05) is 24.9 Å². The number of amides is 1. The minimum absolute atomic E-state index is 0.0804. The van der Waals surface area contributed by atoms with Gasteiger partial charge in [0, 0.05) is 24.9 Å². The number of likely N-dealkylation sites (tertiary alicyclic amines) is 1. The number of nitrogens with zero attached hydrogens (tertiary/aromatic N) is 2. The van der Waals surface area contributed by atoms with Crippen LogP contribution in [0.4, 0.5) is 0 Å². The van der Waals surface area contributed by atoms with Gasteiger partial charge in [-0.25, -0.2) is 0 Å². The number of rotatable bonds is 6. The highest BCUT2D eigenvalue weighted by atomic mass is 16.5. The van der Waals surface area contributed by atoms with Crippen LogP contribution in [0.3, 0.4) is 0 Å². The van der Waals surface area contributed by atoms with Crippen molar-refractivity contribution in [2.24, 2.45) is 22.7 Å². The number of hydrogen-bond acceptors (Lipinski definition) is 4. The average Bonchev–Trinajstić information content (AvgIpc) is 3.19. The number of ether oxygens (including phenoxy) is 1. The number of methoxy groups -OCH3 is 1. The van der Waals surface area contributed by atoms with Crippen LogP contribution in [0, 0.1) is 17.8 Å². The van der Waals surface area contributed by atoms with Crippen molar-refractivity contribution in [2.75, 3.05) is 13.7 Å². The third-order valence-corrected chi connectivity index (χ3v) is 5.15. The fourth-order valence-corrected chi connectivity index (χ4v) is 3.52. The van der Waals surface area contributed by atoms with Gasteiger partial charge in [0.05, 0.1) is 25.5 Å². The monoisotopic (exact) mass is 334 g/mol. The van der Waals surface area contributed by atoms with E-state index in [2.05, 4.69) is 18.8 Å². The lowest BCUT2D eigenvalue weighted by atomic mass is 9.90. The zero-order chi connectivity index (χ0) is 17.9. The Morgan fingerprint density at radius 2 is 2.04 bits per heavy atom. The van der Waals surface area contributed by atoms with Gasteiger partial charge < -0.3 is 9.64 Å². The van der Waals surface area contributed by atoms with Gasteiger partial charge in [-0.15, -0.1) is 0 Å². The Hall–Kier alpha value is -1.65. The first-order valence-electron chi connectivity index (χ1n) is 8.98. The number of hydrogen-bond donors (Lipinski definition) is 0. The highest BCUT2D eigenvalue weighted by Crippen LogP contribution is 2.32. The molecule has 0 spiro atoms. The van der Waals surface area contributed by atoms with Crippen molar-refractivity contribution < 1.29 is 14.3 Å². The first-order valence-corrected chi connectivity index (χ1v) is 8.98. The van der Waals surface area contributed by atoms with Crippen LogP contribution in [-0.2, 0) is 14.3 Å². The lowest BCUT2D eigenvalue weighted by Crippen LogP contribution is -2.42. The van der Waals surface area contributed by atoms with Crippen LogP contribution in [0.2, 0.25) is 0 Å². The highest BCUT2D eigenvalue weighted by Gasteiger charge is 2.38. The highest BCUT2D eigenvalue weighted by molar-refractivity contribution is 5.91. The zero-order valence-corrected chi connectivity index (χ0v) is 15.5. The van der Waals surface area contributed by atoms with Crippen LogP contribution >= 0.6 is 0 Å². The van der Waals surface area contributed by atoms with Crippen LogP contribution < -0.4 is 0 Å². The lowest BCUT2D eigenvalue weighted by Gasteiger charge is -2.31. The average molecular weight is 334 g/mol. The smallest absolute Gasteiger partial charge is 0.306 e. The fraction of sp³-hybridized carbons (Fsp3) is 0.737. The molecule has 2 aliphatic heterocycles. The molecule has 1 amide bonds. The molecule has 5 nitrogen and oxygen atoms in total. The Kier molecular flexibility index (Phi) is 6.19. The maximum atomic E-state index is 13.1. The molecule has 0 aromatic carbocycles. The quantitative estimate of drug-likeness (QED) is 0.701. The van der Waals surface area contributed by atoms with E-state index in [0.29, 0.717) is 5.92 Å². The van der Waals surface area contributed by atoms with Crippen molar-refractivity contribution >= 4 is 17.6 Å². The maximum absolute atomic E-state index is 13.1. The second kappa shape index (κ2) is 7.95. The van der Waals surface area contributed by atoms with Gasteiger partial charge in [-0.2, -0.15) is 0 Å². The Morgan fingerprint density at radius 3 is 2.58 bits per heavy atom. The number of carbonyl (C=O) groups excluding carboxylic acids is 2. The van der Waals surface area contributed by atoms with Crippen molar-refractivity contribution in [1.29, 1.82) is 0 Å². The third kappa shape index (κ3) is 4.05. The maximum Gasteiger partial charge on any atom is 0.306 e. The van der Waals surface area contributed by atoms with Gasteiger partial charge in [0.2, 0.25) is 5.91 Å². The fourth-order valence-electron chi connectivity index (χ4n) is 3.52. The molecule has 0 aliphatic carbocycles. The number of esters is 1. The van der Waals surface area contributed by atoms with Crippen molar-refractivity contribution in [3.05, 3.63) is 11.8 Å². The molecule has 0 radical (unpaired) electrons. The molecule has 2 aliphatic rings. The summed E-state index contributed by atoms with van der Waals surface area (Å²) in [6.07, 6.45) is 4.98. The Morgan fingerprint density at radius 1 is 1.33 bits per heavy atom. The molecule has 1 fully saturated rings. The van der Waals surface area contributed by atoms with E-state index >= 15 is 0 Å². The van der Waals surface area contributed by atoms with E-state index in [-0.39, 0.29) is 36.2 Å². The molecule has 1 saturated heterocycles. The standard InChI is InChI=1S/C19H30N2O3/c1-12(2)15(10-18(22)24-5)19(23)21-8-6-7-17(21)14-9-16(13(3)4)20-11-14/h11-13,15,17H,6-10H2,1-5H3. The summed E-state index contributed by atoms with van der Waals surface area (Å²) >= 11 is 0. The van der Waals surface area contributed by atoms with Crippen molar-refractivity contribution in [1.82, 2.24) is 4.90 Å². The summed E-state index contributed by atoms with van der Waals surface area (Å²) in [6.45, 7) is 9.05. The summed E-state index contributed by atoms with van der Waals surface area (Å²) in [7, 11) is 1.37. The van der Waals surface area contributed by atoms with Gasteiger partial charge in [-0.3, -0.25) is 14.6 Å². The SMILES string of the molecule is COC(=O)CC(C(=O)N1CCCC1C1=CN=C(C(C)C)C1)C(C)C. The molecule has 0 aromatic heterocycles. The summed E-state index contributed by atoms with van der Waals surface area (Å²) in [5, 5.41) is 0.